The molecule has 0 amide bonds. The predicted molar refractivity (Wildman–Crippen MR) is 21.9 cm³/mol. The van der Waals surface area contributed by atoms with E-state index in [1.165, 1.54) is 13.2 Å². The molecule has 0 spiro atoms. The van der Waals surface area contributed by atoms with Crippen LogP contribution in [0.25, 0.3) is 0 Å². The van der Waals surface area contributed by atoms with Crippen LogP contribution in [-0.2, 0) is 9.53 Å². The molecule has 0 aliphatic heterocycles. The fourth-order valence-corrected chi connectivity index (χ4v) is 0.112. The molecule has 0 heterocycles. The number of rotatable bonds is 1. The molecule has 0 aliphatic rings. The molecule has 0 aromatic rings. The molecule has 0 saturated carbocycles. The number of esters is 1. The van der Waals surface area contributed by atoms with Gasteiger partial charge >= 0.3 is 29.6 Å². The Kier molecular flexibility index (Phi) is 9.17. The van der Waals surface area contributed by atoms with Gasteiger partial charge in [-0.25, -0.2) is 5.26 Å². The molecule has 0 rings (SSSR count). The van der Waals surface area contributed by atoms with Crippen molar-refractivity contribution in [2.75, 3.05) is 7.11 Å². The molecular weight excluding hydrogens is 117 g/mol. The Hall–Kier alpha value is -0.170. The van der Waals surface area contributed by atoms with Crippen molar-refractivity contribution in [1.82, 2.24) is 0 Å². The van der Waals surface area contributed by atoms with Gasteiger partial charge in [-0.15, -0.1) is 0 Å². The summed E-state index contributed by atoms with van der Waals surface area (Å²) in [6.45, 7) is 0. The summed E-state index contributed by atoms with van der Waals surface area (Å²) in [5, 5.41) is 7.76. The molecule has 0 aliphatic carbocycles. The summed E-state index contributed by atoms with van der Waals surface area (Å²) in [7, 11) is 1.22. The third-order valence-electron chi connectivity index (χ3n) is 0.384. The fraction of sp³-hybridized carbons (Fsp3) is 0.250. The van der Waals surface area contributed by atoms with Gasteiger partial charge in [-0.05, 0) is 0 Å². The van der Waals surface area contributed by atoms with Crippen molar-refractivity contribution in [2.24, 2.45) is 0 Å². The zero-order valence-electron chi connectivity index (χ0n) is 4.84. The quantitative estimate of drug-likeness (QED) is 0.209. The SMILES string of the molecule is COC(=O)[CH-]C#N.[Na+]. The molecule has 0 saturated heterocycles. The van der Waals surface area contributed by atoms with Crippen LogP contribution in [0, 0.1) is 17.8 Å². The maximum absolute atomic E-state index is 9.91. The largest absolute Gasteiger partial charge is 1.00 e. The van der Waals surface area contributed by atoms with Crippen LogP contribution < -0.4 is 29.6 Å². The Labute approximate surface area is 69.9 Å². The summed E-state index contributed by atoms with van der Waals surface area (Å²) in [6.07, 6.45) is 0.792. The van der Waals surface area contributed by atoms with Crippen LogP contribution in [-0.4, -0.2) is 13.1 Å². The zero-order valence-corrected chi connectivity index (χ0v) is 6.84. The van der Waals surface area contributed by atoms with Crippen molar-refractivity contribution < 1.29 is 39.1 Å². The molecule has 0 bridgehead atoms. The number of carbonyl (C=O) groups excluding carboxylic acids is 1. The summed E-state index contributed by atoms with van der Waals surface area (Å²) in [6, 6.07) is 1.52. The predicted octanol–water partition coefficient (Wildman–Crippen LogP) is -3.11. The summed E-state index contributed by atoms with van der Waals surface area (Å²) in [4.78, 5) is 9.91. The van der Waals surface area contributed by atoms with Crippen LogP contribution in [0.4, 0.5) is 0 Å². The molecule has 0 radical (unpaired) electrons. The van der Waals surface area contributed by atoms with Gasteiger partial charge in [0, 0.05) is 0 Å². The van der Waals surface area contributed by atoms with Gasteiger partial charge in [0.2, 0.25) is 0 Å². The topological polar surface area (TPSA) is 50.1 Å². The summed E-state index contributed by atoms with van der Waals surface area (Å²) >= 11 is 0. The number of carbonyl (C=O) groups is 1. The number of hydrogen-bond donors (Lipinski definition) is 0. The van der Waals surface area contributed by atoms with Crippen molar-refractivity contribution >= 4 is 5.97 Å². The van der Waals surface area contributed by atoms with Crippen molar-refractivity contribution in [3.63, 3.8) is 0 Å². The Morgan fingerprint density at radius 1 is 1.88 bits per heavy atom. The van der Waals surface area contributed by atoms with Gasteiger partial charge < -0.3 is 4.74 Å². The second kappa shape index (κ2) is 6.83. The van der Waals surface area contributed by atoms with Gasteiger partial charge in [0.25, 0.3) is 0 Å². The van der Waals surface area contributed by atoms with Gasteiger partial charge in [-0.1, -0.05) is 6.07 Å². The molecule has 0 aromatic heterocycles. The number of nitrogens with zero attached hydrogens (tertiary/aromatic N) is 1. The van der Waals surface area contributed by atoms with Gasteiger partial charge in [0.1, 0.15) is 0 Å². The maximum atomic E-state index is 9.91. The van der Waals surface area contributed by atoms with E-state index in [-0.39, 0.29) is 29.6 Å². The van der Waals surface area contributed by atoms with E-state index in [0.29, 0.717) is 0 Å². The van der Waals surface area contributed by atoms with Crippen LogP contribution in [0.2, 0.25) is 0 Å². The Morgan fingerprint density at radius 3 is 2.50 bits per heavy atom. The van der Waals surface area contributed by atoms with E-state index in [4.69, 9.17) is 5.26 Å². The second-order valence-electron chi connectivity index (χ2n) is 0.797. The van der Waals surface area contributed by atoms with E-state index >= 15 is 0 Å². The zero-order chi connectivity index (χ0) is 5.70. The minimum absolute atomic E-state index is 0. The van der Waals surface area contributed by atoms with Crippen LogP contribution in [0.3, 0.4) is 0 Å². The van der Waals surface area contributed by atoms with Crippen LogP contribution in [0.1, 0.15) is 0 Å². The molecule has 0 N–H and O–H groups in total. The van der Waals surface area contributed by atoms with E-state index in [0.717, 1.165) is 6.42 Å². The molecule has 0 aromatic carbocycles. The Bertz CT molecular complexity index is 107. The maximum Gasteiger partial charge on any atom is 1.00 e. The first-order chi connectivity index (χ1) is 3.31. The number of hydrogen-bond acceptors (Lipinski definition) is 3. The fourth-order valence-electron chi connectivity index (χ4n) is 0.112. The first-order valence-corrected chi connectivity index (χ1v) is 1.62. The second-order valence-corrected chi connectivity index (χ2v) is 0.797. The molecule has 0 atom stereocenters. The van der Waals surface area contributed by atoms with E-state index in [1.807, 2.05) is 0 Å². The standard InChI is InChI=1S/C4H4NO2.Na/c1-7-4(6)2-3-5;/h2H,1H3;/q-1;+1. The average Bonchev–Trinajstić information content (AvgIpc) is 1.68. The van der Waals surface area contributed by atoms with E-state index < -0.39 is 5.97 Å². The van der Waals surface area contributed by atoms with Gasteiger partial charge in [-0.2, -0.15) is 6.42 Å². The molecule has 3 nitrogen and oxygen atoms in total. The van der Waals surface area contributed by atoms with Crippen molar-refractivity contribution in [3.8, 4) is 6.07 Å². The van der Waals surface area contributed by atoms with Gasteiger partial charge in [0.05, 0.1) is 7.11 Å². The Balaban J connectivity index is 0. The number of ether oxygens (including phenoxy) is 1. The summed E-state index contributed by atoms with van der Waals surface area (Å²) in [5.41, 5.74) is 0. The number of nitriles is 1. The summed E-state index contributed by atoms with van der Waals surface area (Å²) < 4.78 is 4.07. The molecule has 8 heavy (non-hydrogen) atoms. The van der Waals surface area contributed by atoms with Crippen LogP contribution in [0.15, 0.2) is 0 Å². The average molecular weight is 121 g/mol. The summed E-state index contributed by atoms with van der Waals surface area (Å²) in [5.74, 6) is -0.609. The first kappa shape index (κ1) is 10.7. The van der Waals surface area contributed by atoms with Gasteiger partial charge in [-0.3, -0.25) is 4.79 Å². The van der Waals surface area contributed by atoms with Crippen LogP contribution in [0.5, 0.6) is 0 Å². The molecule has 0 unspecified atom stereocenters. The Morgan fingerprint density at radius 2 is 2.38 bits per heavy atom. The van der Waals surface area contributed by atoms with Crippen molar-refractivity contribution in [2.45, 2.75) is 0 Å². The molecule has 0 fully saturated rings. The smallest absolute Gasteiger partial charge is 0.490 e. The third kappa shape index (κ3) is 5.83. The normalized spacial score (nSPS) is 5.50. The van der Waals surface area contributed by atoms with E-state index in [2.05, 4.69) is 4.74 Å². The monoisotopic (exact) mass is 121 g/mol. The molecular formula is C4H4NNaO2. The minimum atomic E-state index is -0.609. The molecule has 38 valence electrons. The molecule has 4 heteroatoms. The van der Waals surface area contributed by atoms with Crippen LogP contribution >= 0.6 is 0 Å². The number of methoxy groups -OCH3 is 1. The minimum Gasteiger partial charge on any atom is -0.490 e. The van der Waals surface area contributed by atoms with E-state index in [9.17, 15) is 4.79 Å². The van der Waals surface area contributed by atoms with Crippen molar-refractivity contribution in [3.05, 3.63) is 6.42 Å². The third-order valence-corrected chi connectivity index (χ3v) is 0.384. The van der Waals surface area contributed by atoms with Crippen molar-refractivity contribution in [1.29, 1.82) is 5.26 Å². The van der Waals surface area contributed by atoms with E-state index in [1.54, 1.807) is 0 Å². The van der Waals surface area contributed by atoms with Gasteiger partial charge in [0.15, 0.2) is 5.97 Å². The first-order valence-electron chi connectivity index (χ1n) is 1.62.